The zero-order chi connectivity index (χ0) is 14.1. The lowest BCUT2D eigenvalue weighted by Gasteiger charge is -2.31. The molecular formula is C15H17NO4. The van der Waals surface area contributed by atoms with Crippen molar-refractivity contribution < 1.29 is 19.4 Å². The molecule has 0 spiro atoms. The molecule has 0 saturated carbocycles. The van der Waals surface area contributed by atoms with E-state index >= 15 is 0 Å². The molecule has 1 heterocycles. The van der Waals surface area contributed by atoms with E-state index < -0.39 is 12.1 Å². The third kappa shape index (κ3) is 2.41. The van der Waals surface area contributed by atoms with Crippen LogP contribution >= 0.6 is 0 Å². The fourth-order valence-corrected chi connectivity index (χ4v) is 2.87. The Hall–Kier alpha value is -1.88. The van der Waals surface area contributed by atoms with Crippen molar-refractivity contribution in [1.82, 2.24) is 4.90 Å². The van der Waals surface area contributed by atoms with Gasteiger partial charge in [0.2, 0.25) is 0 Å². The van der Waals surface area contributed by atoms with Crippen LogP contribution in [0, 0.1) is 0 Å². The van der Waals surface area contributed by atoms with E-state index in [1.807, 2.05) is 18.2 Å². The van der Waals surface area contributed by atoms with Gasteiger partial charge in [-0.3, -0.25) is 4.79 Å². The number of amides is 1. The number of aryl methyl sites for hydroxylation is 2. The van der Waals surface area contributed by atoms with Crippen molar-refractivity contribution in [2.24, 2.45) is 0 Å². The monoisotopic (exact) mass is 275 g/mol. The van der Waals surface area contributed by atoms with E-state index in [1.165, 1.54) is 11.1 Å². The third-order valence-electron chi connectivity index (χ3n) is 3.97. The largest absolute Gasteiger partial charge is 0.479 e. The number of benzene rings is 1. The predicted octanol–water partition coefficient (Wildman–Crippen LogP) is 1.10. The second-order valence-electron chi connectivity index (χ2n) is 5.29. The summed E-state index contributed by atoms with van der Waals surface area (Å²) in [5, 5.41) is 8.97. The summed E-state index contributed by atoms with van der Waals surface area (Å²) in [6, 6.07) is 5.82. The van der Waals surface area contributed by atoms with Crippen molar-refractivity contribution in [3.8, 4) is 0 Å². The molecule has 1 saturated heterocycles. The highest BCUT2D eigenvalue weighted by Crippen LogP contribution is 2.23. The van der Waals surface area contributed by atoms with Crippen LogP contribution in [0.5, 0.6) is 0 Å². The summed E-state index contributed by atoms with van der Waals surface area (Å²) in [4.78, 5) is 25.0. The molecule has 106 valence electrons. The molecule has 1 aromatic rings. The minimum absolute atomic E-state index is 0.103. The number of morpholine rings is 1. The van der Waals surface area contributed by atoms with Crippen LogP contribution in [0.25, 0.3) is 0 Å². The Morgan fingerprint density at radius 1 is 1.25 bits per heavy atom. The van der Waals surface area contributed by atoms with E-state index in [4.69, 9.17) is 9.84 Å². The van der Waals surface area contributed by atoms with Gasteiger partial charge in [0.25, 0.3) is 5.91 Å². The summed E-state index contributed by atoms with van der Waals surface area (Å²) in [5.41, 5.74) is 3.22. The smallest absolute Gasteiger partial charge is 0.334 e. The first-order valence-corrected chi connectivity index (χ1v) is 6.90. The number of carbonyl (C=O) groups excluding carboxylic acids is 1. The van der Waals surface area contributed by atoms with Crippen LogP contribution in [0.1, 0.15) is 27.9 Å². The van der Waals surface area contributed by atoms with Crippen molar-refractivity contribution >= 4 is 11.9 Å². The maximum Gasteiger partial charge on any atom is 0.334 e. The van der Waals surface area contributed by atoms with Crippen molar-refractivity contribution in [3.05, 3.63) is 34.9 Å². The Labute approximate surface area is 117 Å². The summed E-state index contributed by atoms with van der Waals surface area (Å²) < 4.78 is 5.14. The van der Waals surface area contributed by atoms with Crippen molar-refractivity contribution in [2.45, 2.75) is 25.4 Å². The predicted molar refractivity (Wildman–Crippen MR) is 71.7 cm³/mol. The van der Waals surface area contributed by atoms with Gasteiger partial charge in [0.15, 0.2) is 6.10 Å². The Morgan fingerprint density at radius 2 is 2.05 bits per heavy atom. The SMILES string of the molecule is O=C(O)[C@@H]1CN(C(=O)c2ccc3c(c2)CCC3)CCO1. The number of aliphatic carboxylic acids is 1. The van der Waals surface area contributed by atoms with Crippen LogP contribution in [0.3, 0.4) is 0 Å². The van der Waals surface area contributed by atoms with E-state index in [2.05, 4.69) is 0 Å². The van der Waals surface area contributed by atoms with Crippen molar-refractivity contribution in [3.63, 3.8) is 0 Å². The van der Waals surface area contributed by atoms with Crippen LogP contribution in [-0.4, -0.2) is 47.7 Å². The summed E-state index contributed by atoms with van der Waals surface area (Å²) in [5.74, 6) is -1.12. The zero-order valence-corrected chi connectivity index (χ0v) is 11.2. The number of ether oxygens (including phenoxy) is 1. The normalized spacial score (nSPS) is 21.6. The highest BCUT2D eigenvalue weighted by molar-refractivity contribution is 5.95. The maximum atomic E-state index is 12.4. The number of fused-ring (bicyclic) bond motifs is 1. The number of hydrogen-bond acceptors (Lipinski definition) is 3. The fourth-order valence-electron chi connectivity index (χ4n) is 2.87. The molecule has 1 aliphatic heterocycles. The molecule has 1 aliphatic carbocycles. The second kappa shape index (κ2) is 5.25. The Kier molecular flexibility index (Phi) is 3.44. The molecule has 5 nitrogen and oxygen atoms in total. The number of carboxylic acid groups (broad SMARTS) is 1. The first kappa shape index (κ1) is 13.1. The molecular weight excluding hydrogens is 258 g/mol. The minimum atomic E-state index is -1.02. The van der Waals surface area contributed by atoms with Gasteiger partial charge in [0.05, 0.1) is 13.2 Å². The number of nitrogens with zero attached hydrogens (tertiary/aromatic N) is 1. The average Bonchev–Trinajstić information content (AvgIpc) is 2.94. The van der Waals surface area contributed by atoms with Crippen LogP contribution in [0.2, 0.25) is 0 Å². The quantitative estimate of drug-likeness (QED) is 0.877. The standard InChI is InChI=1S/C15H17NO4/c17-14(16-6-7-20-13(9-16)15(18)19)12-5-4-10-2-1-3-11(10)8-12/h4-5,8,13H,1-3,6-7,9H2,(H,18,19)/t13-/m0/s1. The highest BCUT2D eigenvalue weighted by Gasteiger charge is 2.29. The van der Waals surface area contributed by atoms with Gasteiger partial charge >= 0.3 is 5.97 Å². The number of rotatable bonds is 2. The molecule has 0 unspecified atom stereocenters. The summed E-state index contributed by atoms with van der Waals surface area (Å²) >= 11 is 0. The van der Waals surface area contributed by atoms with Gasteiger partial charge in [0, 0.05) is 12.1 Å². The molecule has 1 aromatic carbocycles. The number of carbonyl (C=O) groups is 2. The zero-order valence-electron chi connectivity index (χ0n) is 11.2. The van der Waals surface area contributed by atoms with Gasteiger partial charge in [-0.1, -0.05) is 6.07 Å². The van der Waals surface area contributed by atoms with Gasteiger partial charge in [-0.2, -0.15) is 0 Å². The lowest BCUT2D eigenvalue weighted by molar-refractivity contribution is -0.154. The first-order valence-electron chi connectivity index (χ1n) is 6.90. The first-order chi connectivity index (χ1) is 9.65. The topological polar surface area (TPSA) is 66.8 Å². The van der Waals surface area contributed by atoms with Gasteiger partial charge < -0.3 is 14.7 Å². The summed E-state index contributed by atoms with van der Waals surface area (Å²) in [6.07, 6.45) is 2.34. The maximum absolute atomic E-state index is 12.4. The van der Waals surface area contributed by atoms with Gasteiger partial charge in [0.1, 0.15) is 0 Å². The van der Waals surface area contributed by atoms with E-state index in [0.717, 1.165) is 19.3 Å². The molecule has 0 radical (unpaired) electrons. The van der Waals surface area contributed by atoms with Gasteiger partial charge in [-0.15, -0.1) is 0 Å². The second-order valence-corrected chi connectivity index (χ2v) is 5.29. The van der Waals surface area contributed by atoms with Crippen LogP contribution in [0.15, 0.2) is 18.2 Å². The van der Waals surface area contributed by atoms with Crippen molar-refractivity contribution in [1.29, 1.82) is 0 Å². The Morgan fingerprint density at radius 3 is 2.85 bits per heavy atom. The molecule has 1 atom stereocenters. The lowest BCUT2D eigenvalue weighted by atomic mass is 10.1. The molecule has 1 amide bonds. The molecule has 2 aliphatic rings. The molecule has 1 fully saturated rings. The van der Waals surface area contributed by atoms with Crippen LogP contribution in [-0.2, 0) is 22.4 Å². The third-order valence-corrected chi connectivity index (χ3v) is 3.97. The Balaban J connectivity index is 1.76. The lowest BCUT2D eigenvalue weighted by Crippen LogP contribution is -2.48. The number of hydrogen-bond donors (Lipinski definition) is 1. The summed E-state index contributed by atoms with van der Waals surface area (Å²) in [6.45, 7) is 0.832. The van der Waals surface area contributed by atoms with E-state index in [-0.39, 0.29) is 19.1 Å². The van der Waals surface area contributed by atoms with Gasteiger partial charge in [-0.05, 0) is 42.5 Å². The minimum Gasteiger partial charge on any atom is -0.479 e. The molecule has 20 heavy (non-hydrogen) atoms. The average molecular weight is 275 g/mol. The summed E-state index contributed by atoms with van der Waals surface area (Å²) in [7, 11) is 0. The number of carboxylic acids is 1. The van der Waals surface area contributed by atoms with Crippen LogP contribution in [0.4, 0.5) is 0 Å². The highest BCUT2D eigenvalue weighted by atomic mass is 16.5. The van der Waals surface area contributed by atoms with Crippen LogP contribution < -0.4 is 0 Å². The van der Waals surface area contributed by atoms with E-state index in [9.17, 15) is 9.59 Å². The molecule has 5 heteroatoms. The molecule has 0 aromatic heterocycles. The van der Waals surface area contributed by atoms with Crippen molar-refractivity contribution in [2.75, 3.05) is 19.7 Å². The molecule has 3 rings (SSSR count). The molecule has 1 N–H and O–H groups in total. The van der Waals surface area contributed by atoms with E-state index in [0.29, 0.717) is 12.1 Å². The van der Waals surface area contributed by atoms with Gasteiger partial charge in [-0.25, -0.2) is 4.79 Å². The fraction of sp³-hybridized carbons (Fsp3) is 0.467. The Bertz CT molecular complexity index is 555. The van der Waals surface area contributed by atoms with E-state index in [1.54, 1.807) is 4.90 Å². The molecule has 0 bridgehead atoms.